The van der Waals surface area contributed by atoms with Crippen molar-refractivity contribution >= 4 is 5.91 Å². The number of aryl methyl sites for hydroxylation is 1. The zero-order valence-electron chi connectivity index (χ0n) is 14.1. The molecule has 0 bridgehead atoms. The number of rotatable bonds is 5. The fourth-order valence-electron chi connectivity index (χ4n) is 3.19. The van der Waals surface area contributed by atoms with Crippen molar-refractivity contribution in [2.75, 3.05) is 26.2 Å². The molecule has 5 heteroatoms. The maximum absolute atomic E-state index is 13.0. The van der Waals surface area contributed by atoms with Crippen molar-refractivity contribution < 1.29 is 9.18 Å². The summed E-state index contributed by atoms with van der Waals surface area (Å²) in [5.41, 5.74) is 2.44. The van der Waals surface area contributed by atoms with E-state index in [2.05, 4.69) is 10.2 Å². The first-order valence-electron chi connectivity index (χ1n) is 8.56. The largest absolute Gasteiger partial charge is 0.349 e. The van der Waals surface area contributed by atoms with E-state index >= 15 is 0 Å². The molecule has 1 aromatic heterocycles. The highest BCUT2D eigenvalue weighted by Crippen LogP contribution is 2.22. The summed E-state index contributed by atoms with van der Waals surface area (Å²) in [6.07, 6.45) is 5.73. The van der Waals surface area contributed by atoms with E-state index in [0.29, 0.717) is 12.2 Å². The molecule has 0 aliphatic carbocycles. The van der Waals surface area contributed by atoms with Crippen molar-refractivity contribution in [3.8, 4) is 11.1 Å². The minimum Gasteiger partial charge on any atom is -0.349 e. The molecule has 3 rings (SSSR count). The molecule has 2 heterocycles. The summed E-state index contributed by atoms with van der Waals surface area (Å²) in [4.78, 5) is 14.8. The number of carbonyl (C=O) groups excluding carboxylic acids is 1. The lowest BCUT2D eigenvalue weighted by molar-refractivity contribution is 0.0938. The summed E-state index contributed by atoms with van der Waals surface area (Å²) in [5.74, 6) is -0.326. The molecule has 1 aliphatic rings. The Morgan fingerprint density at radius 3 is 2.54 bits per heavy atom. The standard InChI is InChI=1S/C19H24FN3O/c1-22-14-16(15-5-7-17(20)8-6-15)13-18(22)19(24)21-9-12-23-10-3-2-4-11-23/h5-8,13-14H,2-4,9-12H2,1H3,(H,21,24). The van der Waals surface area contributed by atoms with Crippen molar-refractivity contribution in [1.29, 1.82) is 0 Å². The molecule has 1 N–H and O–H groups in total. The zero-order chi connectivity index (χ0) is 16.9. The van der Waals surface area contributed by atoms with E-state index in [9.17, 15) is 9.18 Å². The first-order chi connectivity index (χ1) is 11.6. The summed E-state index contributed by atoms with van der Waals surface area (Å²) in [6.45, 7) is 3.83. The van der Waals surface area contributed by atoms with Gasteiger partial charge < -0.3 is 14.8 Å². The maximum atomic E-state index is 13.0. The van der Waals surface area contributed by atoms with E-state index in [1.54, 1.807) is 12.1 Å². The topological polar surface area (TPSA) is 37.3 Å². The second kappa shape index (κ2) is 7.62. The number of nitrogens with zero attached hydrogens (tertiary/aromatic N) is 2. The van der Waals surface area contributed by atoms with Crippen LogP contribution in [0.15, 0.2) is 36.5 Å². The molecule has 128 valence electrons. The van der Waals surface area contributed by atoms with Crippen LogP contribution in [0, 0.1) is 5.82 Å². The van der Waals surface area contributed by atoms with Crippen LogP contribution in [0.25, 0.3) is 11.1 Å². The van der Waals surface area contributed by atoms with E-state index < -0.39 is 0 Å². The number of benzene rings is 1. The number of aromatic nitrogens is 1. The molecule has 1 aromatic carbocycles. The molecular formula is C19H24FN3O. The van der Waals surface area contributed by atoms with Crippen LogP contribution in [-0.2, 0) is 7.05 Å². The van der Waals surface area contributed by atoms with Gasteiger partial charge in [0.05, 0.1) is 0 Å². The molecule has 0 saturated carbocycles. The third kappa shape index (κ3) is 4.03. The van der Waals surface area contributed by atoms with Gasteiger partial charge in [0.25, 0.3) is 5.91 Å². The molecule has 0 spiro atoms. The van der Waals surface area contributed by atoms with Crippen LogP contribution < -0.4 is 5.32 Å². The molecule has 2 aromatic rings. The quantitative estimate of drug-likeness (QED) is 0.915. The number of amides is 1. The van der Waals surface area contributed by atoms with Gasteiger partial charge in [-0.1, -0.05) is 18.6 Å². The molecule has 0 unspecified atom stereocenters. The van der Waals surface area contributed by atoms with Crippen LogP contribution in [0.5, 0.6) is 0 Å². The first-order valence-corrected chi connectivity index (χ1v) is 8.56. The van der Waals surface area contributed by atoms with Gasteiger partial charge >= 0.3 is 0 Å². The average molecular weight is 329 g/mol. The van der Waals surface area contributed by atoms with Crippen LogP contribution in [-0.4, -0.2) is 41.6 Å². The van der Waals surface area contributed by atoms with Gasteiger partial charge in [0, 0.05) is 31.9 Å². The lowest BCUT2D eigenvalue weighted by Gasteiger charge is -2.26. The number of halogens is 1. The van der Waals surface area contributed by atoms with Gasteiger partial charge in [-0.3, -0.25) is 4.79 Å². The Morgan fingerprint density at radius 2 is 1.83 bits per heavy atom. The summed E-state index contributed by atoms with van der Waals surface area (Å²) < 4.78 is 14.8. The van der Waals surface area contributed by atoms with Crippen molar-refractivity contribution in [2.24, 2.45) is 7.05 Å². The molecule has 24 heavy (non-hydrogen) atoms. The first kappa shape index (κ1) is 16.7. The minimum absolute atomic E-state index is 0.0668. The maximum Gasteiger partial charge on any atom is 0.267 e. The highest BCUT2D eigenvalue weighted by atomic mass is 19.1. The van der Waals surface area contributed by atoms with Gasteiger partial charge in [0.15, 0.2) is 0 Å². The number of likely N-dealkylation sites (tertiary alicyclic amines) is 1. The highest BCUT2D eigenvalue weighted by molar-refractivity contribution is 5.94. The van der Waals surface area contributed by atoms with Crippen LogP contribution in [0.1, 0.15) is 29.8 Å². The summed E-state index contributed by atoms with van der Waals surface area (Å²) in [6, 6.07) is 8.16. The van der Waals surface area contributed by atoms with Gasteiger partial charge in [0.2, 0.25) is 0 Å². The Labute approximate surface area is 142 Å². The fourth-order valence-corrected chi connectivity index (χ4v) is 3.19. The van der Waals surface area contributed by atoms with E-state index in [1.807, 2.05) is 23.9 Å². The van der Waals surface area contributed by atoms with Crippen LogP contribution >= 0.6 is 0 Å². The molecule has 1 amide bonds. The number of nitrogens with one attached hydrogen (secondary N) is 1. The van der Waals surface area contributed by atoms with Gasteiger partial charge in [-0.2, -0.15) is 0 Å². The molecular weight excluding hydrogens is 305 g/mol. The molecule has 1 aliphatic heterocycles. The summed E-state index contributed by atoms with van der Waals surface area (Å²) in [5, 5.41) is 3.00. The average Bonchev–Trinajstić information content (AvgIpc) is 2.98. The Kier molecular flexibility index (Phi) is 5.30. The van der Waals surface area contributed by atoms with Gasteiger partial charge in [0.1, 0.15) is 11.5 Å². The molecule has 1 saturated heterocycles. The van der Waals surface area contributed by atoms with Crippen LogP contribution in [0.4, 0.5) is 4.39 Å². The smallest absolute Gasteiger partial charge is 0.267 e. The van der Waals surface area contributed by atoms with Crippen molar-refractivity contribution in [3.05, 3.63) is 48.0 Å². The van der Waals surface area contributed by atoms with E-state index in [0.717, 1.165) is 30.8 Å². The van der Waals surface area contributed by atoms with Gasteiger partial charge in [-0.05, 0) is 49.7 Å². The van der Waals surface area contributed by atoms with Crippen molar-refractivity contribution in [2.45, 2.75) is 19.3 Å². The van der Waals surface area contributed by atoms with E-state index in [1.165, 1.54) is 31.4 Å². The molecule has 4 nitrogen and oxygen atoms in total. The third-order valence-electron chi connectivity index (χ3n) is 4.58. The Morgan fingerprint density at radius 1 is 1.12 bits per heavy atom. The van der Waals surface area contributed by atoms with Crippen LogP contribution in [0.3, 0.4) is 0 Å². The SMILES string of the molecule is Cn1cc(-c2ccc(F)cc2)cc1C(=O)NCCN1CCCCC1. The number of hydrogen-bond acceptors (Lipinski definition) is 2. The molecule has 0 atom stereocenters. The minimum atomic E-state index is -0.259. The van der Waals surface area contributed by atoms with E-state index in [-0.39, 0.29) is 11.7 Å². The zero-order valence-corrected chi connectivity index (χ0v) is 14.1. The Balaban J connectivity index is 1.59. The highest BCUT2D eigenvalue weighted by Gasteiger charge is 2.14. The molecule has 1 fully saturated rings. The Bertz CT molecular complexity index is 687. The number of piperidine rings is 1. The van der Waals surface area contributed by atoms with Gasteiger partial charge in [-0.25, -0.2) is 4.39 Å². The number of carbonyl (C=O) groups is 1. The predicted octanol–water partition coefficient (Wildman–Crippen LogP) is 3.05. The molecule has 0 radical (unpaired) electrons. The van der Waals surface area contributed by atoms with Gasteiger partial charge in [-0.15, -0.1) is 0 Å². The fraction of sp³-hybridized carbons (Fsp3) is 0.421. The van der Waals surface area contributed by atoms with Crippen molar-refractivity contribution in [3.63, 3.8) is 0 Å². The van der Waals surface area contributed by atoms with Crippen LogP contribution in [0.2, 0.25) is 0 Å². The lowest BCUT2D eigenvalue weighted by atomic mass is 10.1. The Hall–Kier alpha value is -2.14. The lowest BCUT2D eigenvalue weighted by Crippen LogP contribution is -2.38. The monoisotopic (exact) mass is 329 g/mol. The summed E-state index contributed by atoms with van der Waals surface area (Å²) >= 11 is 0. The normalized spacial score (nSPS) is 15.4. The third-order valence-corrected chi connectivity index (χ3v) is 4.58. The second-order valence-electron chi connectivity index (χ2n) is 6.39. The van der Waals surface area contributed by atoms with E-state index in [4.69, 9.17) is 0 Å². The second-order valence-corrected chi connectivity index (χ2v) is 6.39. The predicted molar refractivity (Wildman–Crippen MR) is 93.4 cm³/mol. The van der Waals surface area contributed by atoms with Crippen molar-refractivity contribution in [1.82, 2.24) is 14.8 Å². The number of hydrogen-bond donors (Lipinski definition) is 1. The summed E-state index contributed by atoms with van der Waals surface area (Å²) in [7, 11) is 1.85.